The van der Waals surface area contributed by atoms with Crippen LogP contribution in [0.15, 0.2) is 54.6 Å². The maximum Gasteiger partial charge on any atom is 0.239 e. The molecule has 4 nitrogen and oxygen atoms in total. The molecule has 1 saturated heterocycles. The summed E-state index contributed by atoms with van der Waals surface area (Å²) in [5.41, 5.74) is 9.95. The Balaban J connectivity index is 1.50. The van der Waals surface area contributed by atoms with E-state index in [1.165, 1.54) is 11.1 Å². The summed E-state index contributed by atoms with van der Waals surface area (Å²) < 4.78 is 0. The Labute approximate surface area is 150 Å². The molecule has 25 heavy (non-hydrogen) atoms. The number of rotatable bonds is 5. The third-order valence-electron chi connectivity index (χ3n) is 4.95. The molecule has 3 rings (SSSR count). The smallest absolute Gasteiger partial charge is 0.239 e. The first-order valence-corrected chi connectivity index (χ1v) is 8.98. The molecule has 1 atom stereocenters. The zero-order valence-corrected chi connectivity index (χ0v) is 14.9. The van der Waals surface area contributed by atoms with E-state index in [2.05, 4.69) is 36.1 Å². The third kappa shape index (κ3) is 4.68. The van der Waals surface area contributed by atoms with E-state index in [1.54, 1.807) is 0 Å². The number of nitrogens with zero attached hydrogens (tertiary/aromatic N) is 2. The van der Waals surface area contributed by atoms with Crippen LogP contribution in [0, 0.1) is 6.92 Å². The van der Waals surface area contributed by atoms with E-state index in [0.717, 1.165) is 38.3 Å². The molecular weight excluding hydrogens is 310 g/mol. The van der Waals surface area contributed by atoms with E-state index in [9.17, 15) is 4.79 Å². The predicted octanol–water partition coefficient (Wildman–Crippen LogP) is 2.21. The number of benzene rings is 2. The van der Waals surface area contributed by atoms with Gasteiger partial charge in [0.2, 0.25) is 5.91 Å². The summed E-state index contributed by atoms with van der Waals surface area (Å²) in [6.45, 7) is 6.42. The van der Waals surface area contributed by atoms with Crippen molar-refractivity contribution in [1.29, 1.82) is 0 Å². The van der Waals surface area contributed by atoms with Gasteiger partial charge < -0.3 is 10.6 Å². The Kier molecular flexibility index (Phi) is 5.84. The average molecular weight is 337 g/mol. The Morgan fingerprint density at radius 3 is 2.32 bits per heavy atom. The fourth-order valence-corrected chi connectivity index (χ4v) is 3.34. The van der Waals surface area contributed by atoms with Gasteiger partial charge in [-0.3, -0.25) is 9.69 Å². The van der Waals surface area contributed by atoms with Gasteiger partial charge in [0, 0.05) is 32.7 Å². The van der Waals surface area contributed by atoms with Crippen LogP contribution in [0.4, 0.5) is 0 Å². The Morgan fingerprint density at radius 1 is 1.00 bits per heavy atom. The molecule has 0 spiro atoms. The van der Waals surface area contributed by atoms with Crippen LogP contribution in [0.5, 0.6) is 0 Å². The molecule has 1 fully saturated rings. The molecular formula is C21H27N3O. The maximum absolute atomic E-state index is 12.6. The molecule has 0 aliphatic carbocycles. The summed E-state index contributed by atoms with van der Waals surface area (Å²) in [7, 11) is 0. The number of carbonyl (C=O) groups is 1. The zero-order valence-electron chi connectivity index (χ0n) is 14.9. The standard InChI is InChI=1S/C21H27N3O/c1-17-7-5-6-10-19(17)16-23-11-13-24(14-12-23)21(25)20(22)15-18-8-3-2-4-9-18/h2-10,20H,11-16,22H2,1H3. The van der Waals surface area contributed by atoms with Crippen LogP contribution in [0.25, 0.3) is 0 Å². The van der Waals surface area contributed by atoms with E-state index in [0.29, 0.717) is 6.42 Å². The second-order valence-corrected chi connectivity index (χ2v) is 6.82. The minimum Gasteiger partial charge on any atom is -0.339 e. The molecule has 0 aromatic heterocycles. The van der Waals surface area contributed by atoms with Crippen molar-refractivity contribution in [2.75, 3.05) is 26.2 Å². The fourth-order valence-electron chi connectivity index (χ4n) is 3.34. The van der Waals surface area contributed by atoms with Gasteiger partial charge in [0.1, 0.15) is 0 Å². The topological polar surface area (TPSA) is 49.6 Å². The number of amides is 1. The number of hydrogen-bond acceptors (Lipinski definition) is 3. The molecule has 2 N–H and O–H groups in total. The summed E-state index contributed by atoms with van der Waals surface area (Å²) in [6, 6.07) is 18.0. The monoisotopic (exact) mass is 337 g/mol. The lowest BCUT2D eigenvalue weighted by Crippen LogP contribution is -2.53. The molecule has 1 amide bonds. The molecule has 1 heterocycles. The number of carbonyl (C=O) groups excluding carboxylic acids is 1. The van der Waals surface area contributed by atoms with Gasteiger partial charge in [0.15, 0.2) is 0 Å². The quantitative estimate of drug-likeness (QED) is 0.910. The molecule has 2 aromatic carbocycles. The highest BCUT2D eigenvalue weighted by Gasteiger charge is 2.25. The third-order valence-corrected chi connectivity index (χ3v) is 4.95. The first-order valence-electron chi connectivity index (χ1n) is 8.98. The normalized spacial score (nSPS) is 16.6. The fraction of sp³-hybridized carbons (Fsp3) is 0.381. The first-order chi connectivity index (χ1) is 12.1. The molecule has 1 aliphatic heterocycles. The minimum atomic E-state index is -0.453. The molecule has 1 unspecified atom stereocenters. The van der Waals surface area contributed by atoms with Crippen LogP contribution in [0.2, 0.25) is 0 Å². The second-order valence-electron chi connectivity index (χ2n) is 6.82. The number of aryl methyl sites for hydroxylation is 1. The summed E-state index contributed by atoms with van der Waals surface area (Å²) in [5, 5.41) is 0. The number of piperazine rings is 1. The molecule has 4 heteroatoms. The number of nitrogens with two attached hydrogens (primary N) is 1. The van der Waals surface area contributed by atoms with Gasteiger partial charge in [-0.25, -0.2) is 0 Å². The van der Waals surface area contributed by atoms with Crippen molar-refractivity contribution in [3.05, 3.63) is 71.3 Å². The van der Waals surface area contributed by atoms with E-state index in [4.69, 9.17) is 5.73 Å². The van der Waals surface area contributed by atoms with Crippen LogP contribution in [0.3, 0.4) is 0 Å². The average Bonchev–Trinajstić information content (AvgIpc) is 2.64. The zero-order chi connectivity index (χ0) is 17.6. The van der Waals surface area contributed by atoms with Crippen LogP contribution >= 0.6 is 0 Å². The van der Waals surface area contributed by atoms with Gasteiger partial charge in [-0.2, -0.15) is 0 Å². The second kappa shape index (κ2) is 8.28. The molecule has 0 saturated carbocycles. The lowest BCUT2D eigenvalue weighted by atomic mass is 10.1. The summed E-state index contributed by atoms with van der Waals surface area (Å²) in [5.74, 6) is 0.0689. The Hall–Kier alpha value is -2.17. The van der Waals surface area contributed by atoms with Gasteiger partial charge in [0.05, 0.1) is 6.04 Å². The summed E-state index contributed by atoms with van der Waals surface area (Å²) in [6.07, 6.45) is 0.600. The van der Waals surface area contributed by atoms with Gasteiger partial charge in [-0.1, -0.05) is 54.6 Å². The van der Waals surface area contributed by atoms with Crippen LogP contribution in [-0.2, 0) is 17.8 Å². The van der Waals surface area contributed by atoms with E-state index in [1.807, 2.05) is 35.2 Å². The van der Waals surface area contributed by atoms with E-state index in [-0.39, 0.29) is 5.91 Å². The maximum atomic E-state index is 12.6. The Morgan fingerprint density at radius 2 is 1.64 bits per heavy atom. The van der Waals surface area contributed by atoms with Gasteiger partial charge >= 0.3 is 0 Å². The highest BCUT2D eigenvalue weighted by atomic mass is 16.2. The molecule has 1 aliphatic rings. The SMILES string of the molecule is Cc1ccccc1CN1CCN(C(=O)C(N)Cc2ccccc2)CC1. The lowest BCUT2D eigenvalue weighted by molar-refractivity contribution is -0.134. The van der Waals surface area contributed by atoms with E-state index >= 15 is 0 Å². The molecule has 0 bridgehead atoms. The molecule has 0 radical (unpaired) electrons. The predicted molar refractivity (Wildman–Crippen MR) is 101 cm³/mol. The largest absolute Gasteiger partial charge is 0.339 e. The van der Waals surface area contributed by atoms with Crippen molar-refractivity contribution in [2.45, 2.75) is 25.9 Å². The minimum absolute atomic E-state index is 0.0689. The lowest BCUT2D eigenvalue weighted by Gasteiger charge is -2.36. The number of hydrogen-bond donors (Lipinski definition) is 1. The van der Waals surface area contributed by atoms with Crippen LogP contribution < -0.4 is 5.73 Å². The van der Waals surface area contributed by atoms with Crippen molar-refractivity contribution in [3.8, 4) is 0 Å². The highest BCUT2D eigenvalue weighted by Crippen LogP contribution is 2.13. The van der Waals surface area contributed by atoms with Crippen molar-refractivity contribution < 1.29 is 4.79 Å². The van der Waals surface area contributed by atoms with Gasteiger partial charge in [-0.05, 0) is 30.0 Å². The Bertz CT molecular complexity index is 693. The summed E-state index contributed by atoms with van der Waals surface area (Å²) in [4.78, 5) is 16.9. The first kappa shape index (κ1) is 17.6. The van der Waals surface area contributed by atoms with Crippen molar-refractivity contribution in [1.82, 2.24) is 9.80 Å². The highest BCUT2D eigenvalue weighted by molar-refractivity contribution is 5.82. The molecule has 2 aromatic rings. The van der Waals surface area contributed by atoms with Crippen molar-refractivity contribution in [2.24, 2.45) is 5.73 Å². The van der Waals surface area contributed by atoms with E-state index < -0.39 is 6.04 Å². The van der Waals surface area contributed by atoms with Gasteiger partial charge in [-0.15, -0.1) is 0 Å². The van der Waals surface area contributed by atoms with Crippen LogP contribution in [-0.4, -0.2) is 47.9 Å². The molecule has 132 valence electrons. The van der Waals surface area contributed by atoms with Gasteiger partial charge in [0.25, 0.3) is 0 Å². The van der Waals surface area contributed by atoms with Crippen molar-refractivity contribution >= 4 is 5.91 Å². The summed E-state index contributed by atoms with van der Waals surface area (Å²) >= 11 is 0. The van der Waals surface area contributed by atoms with Crippen molar-refractivity contribution in [3.63, 3.8) is 0 Å². The van der Waals surface area contributed by atoms with Crippen LogP contribution in [0.1, 0.15) is 16.7 Å².